The molecular weight excluding hydrogens is 358 g/mol. The van der Waals surface area contributed by atoms with Gasteiger partial charge in [0.25, 0.3) is 0 Å². The fourth-order valence-electron chi connectivity index (χ4n) is 3.07. The largest absolute Gasteiger partial charge is 0.340 e. The number of H-pyrrole nitrogens is 1. The van der Waals surface area contributed by atoms with E-state index in [1.807, 2.05) is 66.7 Å². The average Bonchev–Trinajstić information content (AvgIpc) is 3.16. The number of anilines is 2. The second-order valence-corrected chi connectivity index (χ2v) is 6.66. The molecule has 3 aromatic carbocycles. The Morgan fingerprint density at radius 2 is 1.78 bits per heavy atom. The van der Waals surface area contributed by atoms with E-state index in [0.717, 1.165) is 38.9 Å². The van der Waals surface area contributed by atoms with Crippen LogP contribution in [0.1, 0.15) is 0 Å². The molecule has 0 aliphatic rings. The number of aromatic nitrogens is 4. The highest BCUT2D eigenvalue weighted by Crippen LogP contribution is 2.29. The van der Waals surface area contributed by atoms with E-state index in [0.29, 0.717) is 10.8 Å². The normalized spacial score (nSPS) is 11.1. The molecule has 5 rings (SSSR count). The van der Waals surface area contributed by atoms with Gasteiger partial charge >= 0.3 is 0 Å². The predicted molar refractivity (Wildman–Crippen MR) is 109 cm³/mol. The van der Waals surface area contributed by atoms with E-state index >= 15 is 0 Å². The molecule has 130 valence electrons. The van der Waals surface area contributed by atoms with Crippen LogP contribution < -0.4 is 5.32 Å². The fourth-order valence-corrected chi connectivity index (χ4v) is 3.24. The lowest BCUT2D eigenvalue weighted by Crippen LogP contribution is -1.99. The van der Waals surface area contributed by atoms with E-state index in [2.05, 4.69) is 15.5 Å². The lowest BCUT2D eigenvalue weighted by Gasteiger charge is -2.11. The van der Waals surface area contributed by atoms with Crippen molar-refractivity contribution >= 4 is 44.9 Å². The van der Waals surface area contributed by atoms with Crippen LogP contribution in [0.5, 0.6) is 0 Å². The number of hydrogen-bond donors (Lipinski definition) is 2. The van der Waals surface area contributed by atoms with E-state index in [4.69, 9.17) is 21.6 Å². The van der Waals surface area contributed by atoms with Crippen LogP contribution in [0, 0.1) is 0 Å². The van der Waals surface area contributed by atoms with Crippen molar-refractivity contribution in [3.8, 4) is 11.4 Å². The predicted octanol–water partition coefficient (Wildman–Crippen LogP) is 5.57. The molecule has 6 heteroatoms. The van der Waals surface area contributed by atoms with Gasteiger partial charge in [-0.2, -0.15) is 5.10 Å². The van der Waals surface area contributed by atoms with Crippen molar-refractivity contribution in [2.45, 2.75) is 0 Å². The van der Waals surface area contributed by atoms with Crippen LogP contribution in [-0.4, -0.2) is 20.2 Å². The number of fused-ring (bicyclic) bond motifs is 2. The van der Waals surface area contributed by atoms with Gasteiger partial charge in [-0.15, -0.1) is 0 Å². The van der Waals surface area contributed by atoms with Crippen LogP contribution in [0.4, 0.5) is 11.5 Å². The summed E-state index contributed by atoms with van der Waals surface area (Å²) in [5, 5.41) is 13.0. The maximum Gasteiger partial charge on any atom is 0.162 e. The Bertz CT molecular complexity index is 1260. The second kappa shape index (κ2) is 6.37. The van der Waals surface area contributed by atoms with Gasteiger partial charge in [-0.25, -0.2) is 9.97 Å². The number of hydrogen-bond acceptors (Lipinski definition) is 4. The number of nitrogens with one attached hydrogen (secondary N) is 2. The molecule has 0 bridgehead atoms. The van der Waals surface area contributed by atoms with Crippen LogP contribution in [0.2, 0.25) is 5.02 Å². The SMILES string of the molecule is Clc1ccc2c(Nc3ccc4[nH]ncc4c3)nc(-c3ccccc3)nc2c1. The van der Waals surface area contributed by atoms with Crippen molar-refractivity contribution < 1.29 is 0 Å². The molecule has 5 aromatic rings. The minimum Gasteiger partial charge on any atom is -0.340 e. The summed E-state index contributed by atoms with van der Waals surface area (Å²) in [6.45, 7) is 0. The number of nitrogens with zero attached hydrogens (tertiary/aromatic N) is 3. The van der Waals surface area contributed by atoms with E-state index in [-0.39, 0.29) is 0 Å². The van der Waals surface area contributed by atoms with Gasteiger partial charge in [-0.1, -0.05) is 41.9 Å². The van der Waals surface area contributed by atoms with Crippen molar-refractivity contribution in [3.63, 3.8) is 0 Å². The fraction of sp³-hybridized carbons (Fsp3) is 0. The summed E-state index contributed by atoms with van der Waals surface area (Å²) in [6.07, 6.45) is 1.80. The first-order valence-electron chi connectivity index (χ1n) is 8.49. The molecule has 0 saturated carbocycles. The number of benzene rings is 3. The summed E-state index contributed by atoms with van der Waals surface area (Å²) in [6, 6.07) is 21.6. The summed E-state index contributed by atoms with van der Waals surface area (Å²) in [4.78, 5) is 9.47. The number of halogens is 1. The molecule has 0 fully saturated rings. The highest BCUT2D eigenvalue weighted by Gasteiger charge is 2.11. The van der Waals surface area contributed by atoms with Gasteiger partial charge in [0.05, 0.1) is 17.2 Å². The second-order valence-electron chi connectivity index (χ2n) is 6.22. The molecular formula is C21H14ClN5. The van der Waals surface area contributed by atoms with Gasteiger partial charge in [-0.05, 0) is 36.4 Å². The van der Waals surface area contributed by atoms with Gasteiger partial charge in [0.2, 0.25) is 0 Å². The minimum atomic E-state index is 0.644. The molecule has 0 unspecified atom stereocenters. The first-order valence-corrected chi connectivity index (χ1v) is 8.87. The monoisotopic (exact) mass is 371 g/mol. The Labute approximate surface area is 160 Å². The van der Waals surface area contributed by atoms with E-state index < -0.39 is 0 Å². The smallest absolute Gasteiger partial charge is 0.162 e. The third kappa shape index (κ3) is 2.98. The number of rotatable bonds is 3. The van der Waals surface area contributed by atoms with Crippen molar-refractivity contribution in [2.75, 3.05) is 5.32 Å². The summed E-state index contributed by atoms with van der Waals surface area (Å²) in [7, 11) is 0. The number of aromatic amines is 1. The third-order valence-electron chi connectivity index (χ3n) is 4.39. The van der Waals surface area contributed by atoms with E-state index in [9.17, 15) is 0 Å². The van der Waals surface area contributed by atoms with Crippen molar-refractivity contribution in [1.82, 2.24) is 20.2 Å². The molecule has 0 aliphatic carbocycles. The molecule has 0 atom stereocenters. The third-order valence-corrected chi connectivity index (χ3v) is 4.63. The lowest BCUT2D eigenvalue weighted by molar-refractivity contribution is 1.12. The highest BCUT2D eigenvalue weighted by atomic mass is 35.5. The zero-order valence-corrected chi connectivity index (χ0v) is 14.9. The van der Waals surface area contributed by atoms with Crippen molar-refractivity contribution in [3.05, 3.63) is 77.9 Å². The summed E-state index contributed by atoms with van der Waals surface area (Å²) in [5.41, 5.74) is 3.67. The van der Waals surface area contributed by atoms with Crippen molar-refractivity contribution in [1.29, 1.82) is 0 Å². The molecule has 5 nitrogen and oxygen atoms in total. The molecule has 0 saturated heterocycles. The van der Waals surface area contributed by atoms with Crippen LogP contribution in [0.25, 0.3) is 33.2 Å². The summed E-state index contributed by atoms with van der Waals surface area (Å²) < 4.78 is 0. The summed E-state index contributed by atoms with van der Waals surface area (Å²) in [5.74, 6) is 1.38. The first-order chi connectivity index (χ1) is 13.3. The molecule has 0 spiro atoms. The molecule has 2 aromatic heterocycles. The van der Waals surface area contributed by atoms with Crippen LogP contribution in [-0.2, 0) is 0 Å². The zero-order valence-electron chi connectivity index (χ0n) is 14.1. The molecule has 0 aliphatic heterocycles. The Hall–Kier alpha value is -3.44. The van der Waals surface area contributed by atoms with Crippen LogP contribution >= 0.6 is 11.6 Å². The summed E-state index contributed by atoms with van der Waals surface area (Å²) >= 11 is 6.19. The van der Waals surface area contributed by atoms with Crippen molar-refractivity contribution in [2.24, 2.45) is 0 Å². The molecule has 0 amide bonds. The Kier molecular flexibility index (Phi) is 3.73. The topological polar surface area (TPSA) is 66.5 Å². The molecule has 27 heavy (non-hydrogen) atoms. The Balaban J connectivity index is 1.67. The first kappa shape index (κ1) is 15.8. The maximum atomic E-state index is 6.19. The molecule has 2 heterocycles. The van der Waals surface area contributed by atoms with E-state index in [1.165, 1.54) is 0 Å². The molecule has 0 radical (unpaired) electrons. The van der Waals surface area contributed by atoms with Crippen LogP contribution in [0.15, 0.2) is 72.9 Å². The van der Waals surface area contributed by atoms with E-state index in [1.54, 1.807) is 6.20 Å². The minimum absolute atomic E-state index is 0.644. The zero-order chi connectivity index (χ0) is 18.2. The van der Waals surface area contributed by atoms with Gasteiger partial charge in [0.15, 0.2) is 5.82 Å². The Morgan fingerprint density at radius 1 is 0.889 bits per heavy atom. The molecule has 2 N–H and O–H groups in total. The average molecular weight is 372 g/mol. The lowest BCUT2D eigenvalue weighted by atomic mass is 10.1. The van der Waals surface area contributed by atoms with Gasteiger partial charge < -0.3 is 5.32 Å². The van der Waals surface area contributed by atoms with Gasteiger partial charge in [0, 0.05) is 27.0 Å². The quantitative estimate of drug-likeness (QED) is 0.435. The van der Waals surface area contributed by atoms with Gasteiger partial charge in [-0.3, -0.25) is 5.10 Å². The maximum absolute atomic E-state index is 6.19. The van der Waals surface area contributed by atoms with Crippen LogP contribution in [0.3, 0.4) is 0 Å². The standard InChI is InChI=1S/C21H14ClN5/c22-15-6-8-17-19(11-15)25-20(13-4-2-1-3-5-13)26-21(17)24-16-7-9-18-14(10-16)12-23-27-18/h1-12H,(H,23,27)(H,24,25,26). The van der Waals surface area contributed by atoms with Gasteiger partial charge in [0.1, 0.15) is 5.82 Å². The highest BCUT2D eigenvalue weighted by molar-refractivity contribution is 6.31. The Morgan fingerprint density at radius 3 is 2.67 bits per heavy atom.